The minimum atomic E-state index is -0.924. The monoisotopic (exact) mass is 324 g/mol. The Balaban J connectivity index is 1.75. The quantitative estimate of drug-likeness (QED) is 0.939. The van der Waals surface area contributed by atoms with E-state index in [0.717, 1.165) is 35.8 Å². The van der Waals surface area contributed by atoms with Crippen molar-refractivity contribution in [2.45, 2.75) is 23.8 Å². The molecule has 0 aliphatic carbocycles. The van der Waals surface area contributed by atoms with Crippen molar-refractivity contribution in [2.75, 3.05) is 13.1 Å². The molecule has 3 nitrogen and oxygen atoms in total. The number of hydrogen-bond acceptors (Lipinski definition) is 4. The second-order valence-corrected chi connectivity index (χ2v) is 7.19. The minimum Gasteiger partial charge on any atom is -0.369 e. The molecular weight excluding hydrogens is 304 g/mol. The van der Waals surface area contributed by atoms with Crippen molar-refractivity contribution in [2.24, 2.45) is 4.99 Å². The van der Waals surface area contributed by atoms with Gasteiger partial charge in [-0.05, 0) is 17.5 Å². The van der Waals surface area contributed by atoms with Crippen LogP contribution >= 0.6 is 11.8 Å². The van der Waals surface area contributed by atoms with Crippen molar-refractivity contribution in [1.82, 2.24) is 4.90 Å². The summed E-state index contributed by atoms with van der Waals surface area (Å²) in [6.07, 6.45) is 1.61. The highest BCUT2D eigenvalue weighted by atomic mass is 32.2. The molecule has 2 atom stereocenters. The Kier molecular flexibility index (Phi) is 3.87. The summed E-state index contributed by atoms with van der Waals surface area (Å²) in [5.74, 6) is 0. The van der Waals surface area contributed by atoms with Crippen molar-refractivity contribution in [3.63, 3.8) is 0 Å². The van der Waals surface area contributed by atoms with E-state index in [-0.39, 0.29) is 5.25 Å². The zero-order valence-electron chi connectivity index (χ0n) is 12.9. The maximum Gasteiger partial charge on any atom is 0.162 e. The maximum atomic E-state index is 11.7. The number of rotatable bonds is 3. The van der Waals surface area contributed by atoms with Crippen molar-refractivity contribution < 1.29 is 5.11 Å². The molecular formula is C19H20N2OS. The number of aliphatic imine (C=N–C) groups is 1. The molecule has 118 valence electrons. The smallest absolute Gasteiger partial charge is 0.162 e. The number of aliphatic hydroxyl groups is 1. The van der Waals surface area contributed by atoms with Crippen LogP contribution in [0.15, 0.2) is 65.7 Å². The highest BCUT2D eigenvalue weighted by Crippen LogP contribution is 2.51. The van der Waals surface area contributed by atoms with E-state index in [1.165, 1.54) is 0 Å². The predicted octanol–water partition coefficient (Wildman–Crippen LogP) is 3.47. The second kappa shape index (κ2) is 6.02. The summed E-state index contributed by atoms with van der Waals surface area (Å²) < 4.78 is 0. The van der Waals surface area contributed by atoms with Crippen LogP contribution in [0.4, 0.5) is 0 Å². The van der Waals surface area contributed by atoms with Gasteiger partial charge in [0.1, 0.15) is 0 Å². The minimum absolute atomic E-state index is 0.0132. The average Bonchev–Trinajstić information content (AvgIpc) is 2.90. The first-order valence-corrected chi connectivity index (χ1v) is 8.95. The standard InChI is InChI=1S/C19H20N2OS/c22-19(14-15-8-3-1-4-9-15)17(16-10-5-2-6-11-16)23-18-20-12-7-13-21(18)19/h1-6,8-11,17,22H,7,12-14H2. The molecule has 1 fully saturated rings. The van der Waals surface area contributed by atoms with E-state index >= 15 is 0 Å². The Hall–Kier alpha value is -1.78. The van der Waals surface area contributed by atoms with Gasteiger partial charge in [-0.25, -0.2) is 0 Å². The van der Waals surface area contributed by atoms with Gasteiger partial charge in [-0.1, -0.05) is 72.4 Å². The summed E-state index contributed by atoms with van der Waals surface area (Å²) in [6, 6.07) is 20.6. The van der Waals surface area contributed by atoms with Crippen LogP contribution in [0.1, 0.15) is 22.8 Å². The fourth-order valence-corrected chi connectivity index (χ4v) is 4.88. The molecule has 1 saturated heterocycles. The van der Waals surface area contributed by atoms with E-state index in [4.69, 9.17) is 0 Å². The number of fused-ring (bicyclic) bond motifs is 1. The van der Waals surface area contributed by atoms with Crippen molar-refractivity contribution in [3.05, 3.63) is 71.8 Å². The summed E-state index contributed by atoms with van der Waals surface area (Å²) in [4.78, 5) is 6.77. The highest BCUT2D eigenvalue weighted by Gasteiger charge is 2.52. The molecule has 0 bridgehead atoms. The van der Waals surface area contributed by atoms with E-state index in [1.54, 1.807) is 11.8 Å². The van der Waals surface area contributed by atoms with E-state index < -0.39 is 5.72 Å². The van der Waals surface area contributed by atoms with E-state index in [9.17, 15) is 5.11 Å². The van der Waals surface area contributed by atoms with Crippen LogP contribution in [0, 0.1) is 0 Å². The molecule has 2 aliphatic rings. The predicted molar refractivity (Wildman–Crippen MR) is 95.5 cm³/mol. The van der Waals surface area contributed by atoms with Gasteiger partial charge in [0.15, 0.2) is 10.9 Å². The molecule has 0 saturated carbocycles. The summed E-state index contributed by atoms with van der Waals surface area (Å²) in [7, 11) is 0. The number of thioether (sulfide) groups is 1. The van der Waals surface area contributed by atoms with Gasteiger partial charge in [-0.3, -0.25) is 4.99 Å². The lowest BCUT2D eigenvalue weighted by molar-refractivity contribution is -0.0657. The Bertz CT molecular complexity index is 704. The molecule has 23 heavy (non-hydrogen) atoms. The lowest BCUT2D eigenvalue weighted by Crippen LogP contribution is -2.51. The van der Waals surface area contributed by atoms with Crippen molar-refractivity contribution in [3.8, 4) is 0 Å². The molecule has 1 N–H and O–H groups in total. The lowest BCUT2D eigenvalue weighted by atomic mass is 9.93. The molecule has 2 unspecified atom stereocenters. The molecule has 2 heterocycles. The molecule has 0 radical (unpaired) electrons. The van der Waals surface area contributed by atoms with Crippen LogP contribution in [0.25, 0.3) is 0 Å². The third-order valence-corrected chi connectivity index (χ3v) is 5.98. The highest BCUT2D eigenvalue weighted by molar-refractivity contribution is 8.14. The summed E-state index contributed by atoms with van der Waals surface area (Å²) >= 11 is 1.70. The van der Waals surface area contributed by atoms with Gasteiger partial charge in [0.2, 0.25) is 0 Å². The van der Waals surface area contributed by atoms with Gasteiger partial charge < -0.3 is 10.0 Å². The molecule has 2 aromatic rings. The molecule has 0 aromatic heterocycles. The Morgan fingerprint density at radius 2 is 1.78 bits per heavy atom. The Morgan fingerprint density at radius 1 is 1.09 bits per heavy atom. The van der Waals surface area contributed by atoms with Gasteiger partial charge in [0.05, 0.1) is 5.25 Å². The van der Waals surface area contributed by atoms with E-state index in [1.807, 2.05) is 36.4 Å². The van der Waals surface area contributed by atoms with Crippen LogP contribution in [0.5, 0.6) is 0 Å². The molecule has 4 heteroatoms. The second-order valence-electron chi connectivity index (χ2n) is 6.12. The van der Waals surface area contributed by atoms with Crippen LogP contribution < -0.4 is 0 Å². The zero-order chi connectivity index (χ0) is 15.7. The third kappa shape index (κ3) is 2.66. The Labute approximate surface area is 141 Å². The van der Waals surface area contributed by atoms with Gasteiger partial charge in [-0.2, -0.15) is 0 Å². The molecule has 4 rings (SSSR count). The van der Waals surface area contributed by atoms with Crippen LogP contribution in [-0.2, 0) is 6.42 Å². The largest absolute Gasteiger partial charge is 0.369 e. The molecule has 0 amide bonds. The molecule has 2 aromatic carbocycles. The summed E-state index contributed by atoms with van der Waals surface area (Å²) in [5.41, 5.74) is 1.39. The fraction of sp³-hybridized carbons (Fsp3) is 0.316. The number of hydrogen-bond donors (Lipinski definition) is 1. The first-order chi connectivity index (χ1) is 11.3. The topological polar surface area (TPSA) is 35.8 Å². The number of amidine groups is 1. The molecule has 0 spiro atoms. The van der Waals surface area contributed by atoms with Gasteiger partial charge in [-0.15, -0.1) is 0 Å². The lowest BCUT2D eigenvalue weighted by Gasteiger charge is -2.39. The molecule has 2 aliphatic heterocycles. The van der Waals surface area contributed by atoms with Gasteiger partial charge >= 0.3 is 0 Å². The fourth-order valence-electron chi connectivity index (χ4n) is 3.43. The summed E-state index contributed by atoms with van der Waals surface area (Å²) in [5, 5.41) is 12.7. The normalized spacial score (nSPS) is 26.7. The van der Waals surface area contributed by atoms with Crippen LogP contribution in [-0.4, -0.2) is 34.0 Å². The zero-order valence-corrected chi connectivity index (χ0v) is 13.7. The Morgan fingerprint density at radius 3 is 2.52 bits per heavy atom. The van der Waals surface area contributed by atoms with Crippen LogP contribution in [0.2, 0.25) is 0 Å². The first-order valence-electron chi connectivity index (χ1n) is 8.07. The van der Waals surface area contributed by atoms with Gasteiger partial charge in [0, 0.05) is 19.5 Å². The van der Waals surface area contributed by atoms with E-state index in [2.05, 4.69) is 34.2 Å². The number of nitrogens with zero attached hydrogens (tertiary/aromatic N) is 2. The van der Waals surface area contributed by atoms with Crippen molar-refractivity contribution >= 4 is 16.9 Å². The van der Waals surface area contributed by atoms with Gasteiger partial charge in [0.25, 0.3) is 0 Å². The van der Waals surface area contributed by atoms with Crippen molar-refractivity contribution in [1.29, 1.82) is 0 Å². The number of benzene rings is 2. The maximum absolute atomic E-state index is 11.7. The van der Waals surface area contributed by atoms with Crippen LogP contribution in [0.3, 0.4) is 0 Å². The average molecular weight is 324 g/mol. The third-order valence-electron chi connectivity index (χ3n) is 4.54. The summed E-state index contributed by atoms with van der Waals surface area (Å²) in [6.45, 7) is 1.74. The SMILES string of the molecule is OC1(Cc2ccccc2)C(c2ccccc2)SC2=NCCCN21. The van der Waals surface area contributed by atoms with E-state index in [0.29, 0.717) is 6.42 Å². The first kappa shape index (κ1) is 14.8.